The van der Waals surface area contributed by atoms with Crippen molar-refractivity contribution in [2.45, 2.75) is 69.7 Å². The molecule has 1 N–H and O–H groups in total. The van der Waals surface area contributed by atoms with Crippen LogP contribution in [-0.4, -0.2) is 61.8 Å². The number of amides is 1. The van der Waals surface area contributed by atoms with E-state index in [0.29, 0.717) is 43.9 Å². The van der Waals surface area contributed by atoms with Gasteiger partial charge in [0.15, 0.2) is 0 Å². The van der Waals surface area contributed by atoms with Crippen molar-refractivity contribution < 1.29 is 13.2 Å². The summed E-state index contributed by atoms with van der Waals surface area (Å²) in [6, 6.07) is 6.15. The Labute approximate surface area is 186 Å². The van der Waals surface area contributed by atoms with Gasteiger partial charge in [0, 0.05) is 26.2 Å². The molecule has 0 bridgehead atoms. The second-order valence-electron chi connectivity index (χ2n) is 9.06. The largest absolute Gasteiger partial charge is 0.337 e. The minimum atomic E-state index is -3.57. The first-order valence-corrected chi connectivity index (χ1v) is 12.6. The zero-order chi connectivity index (χ0) is 22.6. The number of sulfonamides is 1. The minimum Gasteiger partial charge on any atom is -0.337 e. The molecule has 0 unspecified atom stereocenters. The van der Waals surface area contributed by atoms with Crippen molar-refractivity contribution in [2.24, 2.45) is 0 Å². The third-order valence-corrected chi connectivity index (χ3v) is 8.66. The molecule has 31 heavy (non-hydrogen) atoms. The third kappa shape index (κ3) is 5.46. The molecule has 8 heteroatoms. The van der Waals surface area contributed by atoms with Gasteiger partial charge in [-0.15, -0.1) is 0 Å². The lowest BCUT2D eigenvalue weighted by Crippen LogP contribution is -2.54. The van der Waals surface area contributed by atoms with Crippen LogP contribution >= 0.6 is 0 Å². The fourth-order valence-corrected chi connectivity index (χ4v) is 6.77. The van der Waals surface area contributed by atoms with Crippen LogP contribution in [0.15, 0.2) is 17.0 Å². The second-order valence-corrected chi connectivity index (χ2v) is 10.9. The molecule has 3 rings (SSSR count). The Morgan fingerprint density at radius 1 is 1.03 bits per heavy atom. The molecule has 1 amide bonds. The second kappa shape index (κ2) is 9.68. The molecular weight excluding hydrogens is 412 g/mol. The smallest absolute Gasteiger partial charge is 0.243 e. The summed E-state index contributed by atoms with van der Waals surface area (Å²) >= 11 is 0. The lowest BCUT2D eigenvalue weighted by atomic mass is 9.92. The molecule has 1 saturated carbocycles. The van der Waals surface area contributed by atoms with Gasteiger partial charge in [0.2, 0.25) is 15.9 Å². The Morgan fingerprint density at radius 3 is 2.10 bits per heavy atom. The van der Waals surface area contributed by atoms with Crippen LogP contribution in [0.4, 0.5) is 0 Å². The van der Waals surface area contributed by atoms with E-state index in [1.54, 1.807) is 0 Å². The van der Waals surface area contributed by atoms with E-state index in [2.05, 4.69) is 11.4 Å². The van der Waals surface area contributed by atoms with Gasteiger partial charge in [-0.2, -0.15) is 9.57 Å². The van der Waals surface area contributed by atoms with E-state index in [1.165, 1.54) is 4.31 Å². The normalized spacial score (nSPS) is 20.6. The molecule has 0 radical (unpaired) electrons. The molecule has 0 spiro atoms. The zero-order valence-electron chi connectivity index (χ0n) is 18.9. The number of carbonyl (C=O) groups excluding carboxylic acids is 1. The Balaban J connectivity index is 1.59. The SMILES string of the molecule is Cc1cc(C)c(S(=O)(=O)N2CCN(CC(=O)NC3(C#N)CCCCCC3)CC2)c(C)c1. The average Bonchev–Trinajstić information content (AvgIpc) is 2.93. The highest BCUT2D eigenvalue weighted by molar-refractivity contribution is 7.89. The number of nitriles is 1. The maximum Gasteiger partial charge on any atom is 0.243 e. The van der Waals surface area contributed by atoms with Gasteiger partial charge in [-0.05, 0) is 44.7 Å². The number of piperazine rings is 1. The predicted molar refractivity (Wildman–Crippen MR) is 120 cm³/mol. The van der Waals surface area contributed by atoms with Crippen molar-refractivity contribution in [2.75, 3.05) is 32.7 Å². The highest BCUT2D eigenvalue weighted by Gasteiger charge is 2.34. The Kier molecular flexibility index (Phi) is 7.40. The topological polar surface area (TPSA) is 93.5 Å². The first kappa shape index (κ1) is 23.7. The molecule has 170 valence electrons. The highest BCUT2D eigenvalue weighted by atomic mass is 32.2. The quantitative estimate of drug-likeness (QED) is 0.702. The maximum absolute atomic E-state index is 13.2. The zero-order valence-corrected chi connectivity index (χ0v) is 19.7. The molecule has 1 aliphatic carbocycles. The molecule has 1 aromatic carbocycles. The third-order valence-electron chi connectivity index (χ3n) is 6.45. The van der Waals surface area contributed by atoms with Crippen molar-refractivity contribution in [1.29, 1.82) is 5.26 Å². The lowest BCUT2D eigenvalue weighted by molar-refractivity contribution is -0.124. The van der Waals surface area contributed by atoms with Gasteiger partial charge in [0.25, 0.3) is 0 Å². The summed E-state index contributed by atoms with van der Waals surface area (Å²) in [6.07, 6.45) is 5.54. The van der Waals surface area contributed by atoms with E-state index < -0.39 is 15.6 Å². The summed E-state index contributed by atoms with van der Waals surface area (Å²) in [5.41, 5.74) is 1.83. The van der Waals surface area contributed by atoms with E-state index in [1.807, 2.05) is 37.8 Å². The van der Waals surface area contributed by atoms with Gasteiger partial charge in [-0.1, -0.05) is 43.4 Å². The van der Waals surface area contributed by atoms with Crippen LogP contribution in [0, 0.1) is 32.1 Å². The van der Waals surface area contributed by atoms with Crippen molar-refractivity contribution in [1.82, 2.24) is 14.5 Å². The number of rotatable bonds is 5. The van der Waals surface area contributed by atoms with Crippen LogP contribution < -0.4 is 5.32 Å². The van der Waals surface area contributed by atoms with E-state index >= 15 is 0 Å². The number of nitrogens with zero attached hydrogens (tertiary/aromatic N) is 3. The molecule has 0 aromatic heterocycles. The number of hydrogen-bond donors (Lipinski definition) is 1. The fourth-order valence-electron chi connectivity index (χ4n) is 4.94. The van der Waals surface area contributed by atoms with Crippen molar-refractivity contribution in [3.05, 3.63) is 28.8 Å². The summed E-state index contributed by atoms with van der Waals surface area (Å²) in [5.74, 6) is -0.148. The van der Waals surface area contributed by atoms with Crippen molar-refractivity contribution in [3.8, 4) is 6.07 Å². The standard InChI is InChI=1S/C23H34N4O3S/c1-18-14-19(2)22(20(3)15-18)31(29,30)27-12-10-26(11-13-27)16-21(28)25-23(17-24)8-6-4-5-7-9-23/h14-15H,4-13,16H2,1-3H3,(H,25,28). The van der Waals surface area contributed by atoms with E-state index in [4.69, 9.17) is 0 Å². The predicted octanol–water partition coefficient (Wildman–Crippen LogP) is 2.65. The molecule has 1 aromatic rings. The Bertz CT molecular complexity index is 929. The van der Waals surface area contributed by atoms with Crippen LogP contribution in [0.25, 0.3) is 0 Å². The van der Waals surface area contributed by atoms with E-state index in [-0.39, 0.29) is 12.5 Å². The number of carbonyl (C=O) groups is 1. The molecule has 2 aliphatic rings. The molecular formula is C23H34N4O3S. The maximum atomic E-state index is 13.2. The van der Waals surface area contributed by atoms with Crippen molar-refractivity contribution >= 4 is 15.9 Å². The van der Waals surface area contributed by atoms with Crippen LogP contribution in [0.3, 0.4) is 0 Å². The van der Waals surface area contributed by atoms with Crippen LogP contribution in [0.5, 0.6) is 0 Å². The van der Waals surface area contributed by atoms with Crippen molar-refractivity contribution in [3.63, 3.8) is 0 Å². The molecule has 2 fully saturated rings. The monoisotopic (exact) mass is 446 g/mol. The number of aryl methyl sites for hydroxylation is 3. The van der Waals surface area contributed by atoms with E-state index in [0.717, 1.165) is 42.4 Å². The summed E-state index contributed by atoms with van der Waals surface area (Å²) in [4.78, 5) is 15.0. The van der Waals surface area contributed by atoms with Crippen LogP contribution in [-0.2, 0) is 14.8 Å². The molecule has 1 aliphatic heterocycles. The minimum absolute atomic E-state index is 0.148. The molecule has 1 heterocycles. The summed E-state index contributed by atoms with van der Waals surface area (Å²) in [6.45, 7) is 7.54. The van der Waals surface area contributed by atoms with Gasteiger partial charge in [0.1, 0.15) is 5.54 Å². The molecule has 0 atom stereocenters. The number of hydrogen-bond acceptors (Lipinski definition) is 5. The van der Waals surface area contributed by atoms with Crippen LogP contribution in [0.2, 0.25) is 0 Å². The first-order valence-electron chi connectivity index (χ1n) is 11.2. The highest BCUT2D eigenvalue weighted by Crippen LogP contribution is 2.27. The number of benzene rings is 1. The van der Waals surface area contributed by atoms with Crippen LogP contribution in [0.1, 0.15) is 55.2 Å². The van der Waals surface area contributed by atoms with E-state index in [9.17, 15) is 18.5 Å². The summed E-state index contributed by atoms with van der Waals surface area (Å²) in [5, 5.41) is 12.6. The molecule has 7 nitrogen and oxygen atoms in total. The summed E-state index contributed by atoms with van der Waals surface area (Å²) < 4.78 is 28.0. The average molecular weight is 447 g/mol. The first-order chi connectivity index (χ1) is 14.7. The van der Waals surface area contributed by atoms with Gasteiger partial charge < -0.3 is 5.32 Å². The van der Waals surface area contributed by atoms with Gasteiger partial charge in [0.05, 0.1) is 17.5 Å². The number of nitrogens with one attached hydrogen (secondary N) is 1. The Hall–Kier alpha value is -1.95. The lowest BCUT2D eigenvalue weighted by Gasteiger charge is -2.35. The Morgan fingerprint density at radius 2 is 1.58 bits per heavy atom. The van der Waals surface area contributed by atoms with Gasteiger partial charge in [-0.25, -0.2) is 8.42 Å². The van der Waals surface area contributed by atoms with Gasteiger partial charge >= 0.3 is 0 Å². The van der Waals surface area contributed by atoms with Gasteiger partial charge in [-0.3, -0.25) is 9.69 Å². The summed E-state index contributed by atoms with van der Waals surface area (Å²) in [7, 11) is -3.57. The fraction of sp³-hybridized carbons (Fsp3) is 0.652. The molecule has 1 saturated heterocycles.